The Morgan fingerprint density at radius 2 is 2.03 bits per heavy atom. The number of carbonyl (C=O) groups excluding carboxylic acids is 1. The number of aromatic nitrogens is 3. The number of halogens is 3. The van der Waals surface area contributed by atoms with Gasteiger partial charge in [-0.15, -0.1) is 0 Å². The summed E-state index contributed by atoms with van der Waals surface area (Å²) in [7, 11) is 0. The number of alkyl halides is 3. The van der Waals surface area contributed by atoms with E-state index >= 15 is 0 Å². The van der Waals surface area contributed by atoms with Gasteiger partial charge in [-0.1, -0.05) is 0 Å². The van der Waals surface area contributed by atoms with Gasteiger partial charge in [-0.25, -0.2) is 4.98 Å². The lowest BCUT2D eigenvalue weighted by atomic mass is 9.92. The van der Waals surface area contributed by atoms with E-state index in [-0.39, 0.29) is 11.7 Å². The first kappa shape index (κ1) is 21.0. The van der Waals surface area contributed by atoms with E-state index in [9.17, 15) is 22.8 Å². The quantitative estimate of drug-likeness (QED) is 0.819. The van der Waals surface area contributed by atoms with Crippen LogP contribution in [-0.4, -0.2) is 33.7 Å². The molecule has 1 aliphatic heterocycles. The average Bonchev–Trinajstić information content (AvgIpc) is 2.68. The van der Waals surface area contributed by atoms with Crippen molar-refractivity contribution in [2.24, 2.45) is 5.92 Å². The normalized spacial score (nSPS) is 16.4. The Bertz CT molecular complexity index is 906. The molecule has 2 aromatic heterocycles. The van der Waals surface area contributed by atoms with Gasteiger partial charge in [0.2, 0.25) is 5.91 Å². The second kappa shape index (κ2) is 8.73. The molecule has 1 fully saturated rings. The number of anilines is 1. The van der Waals surface area contributed by atoms with Gasteiger partial charge in [0, 0.05) is 25.5 Å². The van der Waals surface area contributed by atoms with Crippen molar-refractivity contribution in [1.82, 2.24) is 14.5 Å². The SMILES string of the molecule is Cc1cnc(NC(=O)C(CC2CCOCC2)n2ccc(C(F)(F)F)cc2=O)cn1. The van der Waals surface area contributed by atoms with Crippen molar-refractivity contribution in [3.05, 3.63) is 52.3 Å². The summed E-state index contributed by atoms with van der Waals surface area (Å²) in [5.41, 5.74) is -1.27. The number of hydrogen-bond acceptors (Lipinski definition) is 5. The number of hydrogen-bond donors (Lipinski definition) is 1. The number of pyridine rings is 1. The summed E-state index contributed by atoms with van der Waals surface area (Å²) in [5.74, 6) is -0.216. The zero-order chi connectivity index (χ0) is 21.0. The molecule has 0 saturated carbocycles. The first-order valence-electron chi connectivity index (χ1n) is 9.20. The second-order valence-corrected chi connectivity index (χ2v) is 7.00. The van der Waals surface area contributed by atoms with E-state index < -0.39 is 29.2 Å². The third kappa shape index (κ3) is 5.41. The van der Waals surface area contributed by atoms with Crippen LogP contribution in [0.4, 0.5) is 19.0 Å². The highest BCUT2D eigenvalue weighted by atomic mass is 19.4. The van der Waals surface area contributed by atoms with Crippen molar-refractivity contribution in [2.45, 2.75) is 38.4 Å². The number of nitrogens with zero attached hydrogens (tertiary/aromatic N) is 3. The van der Waals surface area contributed by atoms with E-state index in [4.69, 9.17) is 4.74 Å². The Hall–Kier alpha value is -2.75. The van der Waals surface area contributed by atoms with Gasteiger partial charge in [0.05, 0.1) is 23.7 Å². The van der Waals surface area contributed by atoms with Gasteiger partial charge in [-0.05, 0) is 38.2 Å². The minimum Gasteiger partial charge on any atom is -0.381 e. The smallest absolute Gasteiger partial charge is 0.381 e. The van der Waals surface area contributed by atoms with Crippen LogP contribution >= 0.6 is 0 Å². The van der Waals surface area contributed by atoms with Crippen LogP contribution in [0, 0.1) is 12.8 Å². The summed E-state index contributed by atoms with van der Waals surface area (Å²) in [5, 5.41) is 2.60. The van der Waals surface area contributed by atoms with Crippen LogP contribution in [0.1, 0.15) is 36.6 Å². The van der Waals surface area contributed by atoms with Gasteiger partial charge in [-0.2, -0.15) is 13.2 Å². The zero-order valence-electron chi connectivity index (χ0n) is 15.8. The van der Waals surface area contributed by atoms with Crippen molar-refractivity contribution in [2.75, 3.05) is 18.5 Å². The van der Waals surface area contributed by atoms with Crippen molar-refractivity contribution in [1.29, 1.82) is 0 Å². The van der Waals surface area contributed by atoms with E-state index in [0.717, 1.165) is 16.8 Å². The Morgan fingerprint density at radius 3 is 2.62 bits per heavy atom. The number of amides is 1. The lowest BCUT2D eigenvalue weighted by Crippen LogP contribution is -2.35. The topological polar surface area (TPSA) is 86.1 Å². The van der Waals surface area contributed by atoms with Crippen molar-refractivity contribution < 1.29 is 22.7 Å². The van der Waals surface area contributed by atoms with E-state index in [0.29, 0.717) is 44.2 Å². The monoisotopic (exact) mass is 410 g/mol. The Labute approximate surface area is 164 Å². The summed E-state index contributed by atoms with van der Waals surface area (Å²) in [6.07, 6.45) is 0.984. The van der Waals surface area contributed by atoms with Crippen molar-refractivity contribution in [3.63, 3.8) is 0 Å². The standard InChI is InChI=1S/C19H21F3N4O3/c1-12-10-24-16(11-23-12)25-18(28)15(8-13-3-6-29-7-4-13)26-5-2-14(9-17(26)27)19(20,21)22/h2,5,9-11,13,15H,3-4,6-8H2,1H3,(H,24,25,28). The summed E-state index contributed by atoms with van der Waals surface area (Å²) in [4.78, 5) is 33.4. The molecule has 7 nitrogen and oxygen atoms in total. The Kier molecular flexibility index (Phi) is 6.31. The molecule has 1 atom stereocenters. The molecule has 1 N–H and O–H groups in total. The van der Waals surface area contributed by atoms with Crippen LogP contribution < -0.4 is 10.9 Å². The molecule has 1 aliphatic rings. The highest BCUT2D eigenvalue weighted by Gasteiger charge is 2.33. The third-order valence-corrected chi connectivity index (χ3v) is 4.84. The molecule has 0 spiro atoms. The fourth-order valence-corrected chi connectivity index (χ4v) is 3.23. The van der Waals surface area contributed by atoms with Crippen LogP contribution in [0.5, 0.6) is 0 Å². The van der Waals surface area contributed by atoms with Crippen molar-refractivity contribution in [3.8, 4) is 0 Å². The summed E-state index contributed by atoms with van der Waals surface area (Å²) in [6, 6.07) is 0.337. The Morgan fingerprint density at radius 1 is 1.31 bits per heavy atom. The third-order valence-electron chi connectivity index (χ3n) is 4.84. The molecule has 0 aromatic carbocycles. The molecule has 1 saturated heterocycles. The molecule has 0 radical (unpaired) electrons. The zero-order valence-corrected chi connectivity index (χ0v) is 15.8. The number of aryl methyl sites for hydroxylation is 1. The van der Waals surface area contributed by atoms with Crippen LogP contribution in [0.15, 0.2) is 35.5 Å². The fraction of sp³-hybridized carbons (Fsp3) is 0.474. The molecule has 1 unspecified atom stereocenters. The first-order valence-corrected chi connectivity index (χ1v) is 9.20. The van der Waals surface area contributed by atoms with Gasteiger partial charge in [0.1, 0.15) is 6.04 Å². The molecular weight excluding hydrogens is 389 g/mol. The van der Waals surface area contributed by atoms with Gasteiger partial charge in [0.15, 0.2) is 5.82 Å². The molecular formula is C19H21F3N4O3. The Balaban J connectivity index is 1.88. The molecule has 2 aromatic rings. The predicted octanol–water partition coefficient (Wildman–Crippen LogP) is 2.96. The number of rotatable bonds is 5. The lowest BCUT2D eigenvalue weighted by Gasteiger charge is -2.27. The number of carbonyl (C=O) groups is 1. The average molecular weight is 410 g/mol. The van der Waals surface area contributed by atoms with Gasteiger partial charge < -0.3 is 14.6 Å². The van der Waals surface area contributed by atoms with Gasteiger partial charge >= 0.3 is 6.18 Å². The minimum atomic E-state index is -4.63. The lowest BCUT2D eigenvalue weighted by molar-refractivity contribution is -0.137. The molecule has 3 heterocycles. The second-order valence-electron chi connectivity index (χ2n) is 7.00. The van der Waals surface area contributed by atoms with Gasteiger partial charge in [0.25, 0.3) is 5.56 Å². The van der Waals surface area contributed by atoms with Crippen LogP contribution in [-0.2, 0) is 15.7 Å². The van der Waals surface area contributed by atoms with Gasteiger partial charge in [-0.3, -0.25) is 14.6 Å². The molecule has 0 aliphatic carbocycles. The molecule has 1 amide bonds. The maximum Gasteiger partial charge on any atom is 0.416 e. The van der Waals surface area contributed by atoms with E-state index in [1.165, 1.54) is 12.4 Å². The number of ether oxygens (including phenoxy) is 1. The molecule has 0 bridgehead atoms. The summed E-state index contributed by atoms with van der Waals surface area (Å²) >= 11 is 0. The van der Waals surface area contributed by atoms with Crippen LogP contribution in [0.2, 0.25) is 0 Å². The largest absolute Gasteiger partial charge is 0.416 e. The highest BCUT2D eigenvalue weighted by molar-refractivity contribution is 5.92. The van der Waals surface area contributed by atoms with Crippen molar-refractivity contribution >= 4 is 11.7 Å². The maximum absolute atomic E-state index is 12.9. The van der Waals surface area contributed by atoms with E-state index in [2.05, 4.69) is 15.3 Å². The highest BCUT2D eigenvalue weighted by Crippen LogP contribution is 2.29. The molecule has 3 rings (SSSR count). The first-order chi connectivity index (χ1) is 13.7. The summed E-state index contributed by atoms with van der Waals surface area (Å²) < 4.78 is 45.0. The fourth-order valence-electron chi connectivity index (χ4n) is 3.23. The minimum absolute atomic E-state index is 0.109. The van der Waals surface area contributed by atoms with Crippen LogP contribution in [0.3, 0.4) is 0 Å². The summed E-state index contributed by atoms with van der Waals surface area (Å²) in [6.45, 7) is 2.84. The molecule has 29 heavy (non-hydrogen) atoms. The predicted molar refractivity (Wildman–Crippen MR) is 98.3 cm³/mol. The molecule has 10 heteroatoms. The van der Waals surface area contributed by atoms with Crippen LogP contribution in [0.25, 0.3) is 0 Å². The molecule has 156 valence electrons. The number of nitrogens with one attached hydrogen (secondary N) is 1. The maximum atomic E-state index is 12.9. The van der Waals surface area contributed by atoms with E-state index in [1.807, 2.05) is 0 Å². The van der Waals surface area contributed by atoms with E-state index in [1.54, 1.807) is 6.92 Å².